The lowest BCUT2D eigenvalue weighted by molar-refractivity contribution is -0.572. The summed E-state index contributed by atoms with van der Waals surface area (Å²) in [6.07, 6.45) is 5.81. The maximum absolute atomic E-state index is 7.08. The number of benzene rings is 10. The van der Waals surface area contributed by atoms with Gasteiger partial charge in [0.15, 0.2) is 0 Å². The van der Waals surface area contributed by atoms with Crippen LogP contribution in [0.15, 0.2) is 243 Å². The molecule has 5 aromatic heterocycles. The zero-order chi connectivity index (χ0) is 52.2. The van der Waals surface area contributed by atoms with Gasteiger partial charge >= 0.3 is 0 Å². The van der Waals surface area contributed by atoms with Crippen molar-refractivity contribution in [1.29, 1.82) is 0 Å². The molecule has 0 atom stereocenters. The third kappa shape index (κ3) is 6.98. The van der Waals surface area contributed by atoms with E-state index in [2.05, 4.69) is 288 Å². The van der Waals surface area contributed by atoms with Crippen LogP contribution < -0.4 is 9.30 Å². The summed E-state index contributed by atoms with van der Waals surface area (Å²) in [6.45, 7) is 6.80. The van der Waals surface area contributed by atoms with Crippen molar-refractivity contribution in [2.45, 2.75) is 26.2 Å². The number of fused-ring (bicyclic) bond motifs is 13. The lowest BCUT2D eigenvalue weighted by atomic mass is 9.88. The van der Waals surface area contributed by atoms with Gasteiger partial charge < -0.3 is 13.9 Å². The second-order valence-electron chi connectivity index (χ2n) is 21.4. The minimum absolute atomic E-state index is 0.121. The van der Waals surface area contributed by atoms with Crippen LogP contribution in [0.5, 0.6) is 11.5 Å². The molecule has 7 heteroatoms. The van der Waals surface area contributed by atoms with E-state index in [0.29, 0.717) is 11.5 Å². The molecule has 0 aliphatic heterocycles. The molecule has 15 rings (SSSR count). The summed E-state index contributed by atoms with van der Waals surface area (Å²) >= 11 is 0. The molecule has 78 heavy (non-hydrogen) atoms. The average molecular weight is 1010 g/mol. The molecule has 0 amide bonds. The Balaban J connectivity index is 0.961. The number of ether oxygens (including phenoxy) is 1. The van der Waals surface area contributed by atoms with Gasteiger partial charge in [-0.05, 0) is 100.0 Å². The second-order valence-corrected chi connectivity index (χ2v) is 21.4. The minimum atomic E-state index is -0.121. The highest BCUT2D eigenvalue weighted by atomic mass is 16.5. The number of aryl methyl sites for hydroxylation is 1. The number of rotatable bonds is 8. The fourth-order valence-corrected chi connectivity index (χ4v) is 12.3. The number of hydrogen-bond acceptors (Lipinski definition) is 2. The minimum Gasteiger partial charge on any atom is -0.458 e. The number of nitrogens with zero attached hydrogens (tertiary/aromatic N) is 6. The van der Waals surface area contributed by atoms with Crippen molar-refractivity contribution in [3.8, 4) is 56.6 Å². The van der Waals surface area contributed by atoms with Crippen LogP contribution in [0.2, 0.25) is 0 Å². The maximum atomic E-state index is 7.08. The Bertz CT molecular complexity index is 4800. The molecule has 7 nitrogen and oxygen atoms in total. The average Bonchev–Trinajstić information content (AvgIpc) is 2.99. The molecule has 0 bridgehead atoms. The predicted octanol–water partition coefficient (Wildman–Crippen LogP) is 17.4. The van der Waals surface area contributed by atoms with Gasteiger partial charge in [0.2, 0.25) is 0 Å². The van der Waals surface area contributed by atoms with Crippen molar-refractivity contribution in [1.82, 2.24) is 23.3 Å². The Morgan fingerprint density at radius 2 is 1.04 bits per heavy atom. The van der Waals surface area contributed by atoms with E-state index < -0.39 is 0 Å². The zero-order valence-electron chi connectivity index (χ0n) is 43.7. The Hall–Kier alpha value is -9.98. The molecule has 0 saturated carbocycles. The molecule has 0 saturated heterocycles. The van der Waals surface area contributed by atoms with E-state index in [0.717, 1.165) is 83.6 Å². The number of hydrogen-bond donors (Lipinski definition) is 0. The van der Waals surface area contributed by atoms with E-state index in [1.54, 1.807) is 0 Å². The lowest BCUT2D eigenvalue weighted by Crippen LogP contribution is -2.29. The van der Waals surface area contributed by atoms with Crippen LogP contribution in [0.25, 0.3) is 122 Å². The summed E-state index contributed by atoms with van der Waals surface area (Å²) in [5.41, 5.74) is 17.5. The smallest absolute Gasteiger partial charge is 0.269 e. The van der Waals surface area contributed by atoms with Gasteiger partial charge in [-0.1, -0.05) is 185 Å². The second kappa shape index (κ2) is 17.5. The van der Waals surface area contributed by atoms with Crippen molar-refractivity contribution in [2.75, 3.05) is 0 Å². The van der Waals surface area contributed by atoms with E-state index in [1.165, 1.54) is 43.5 Å². The van der Waals surface area contributed by atoms with Crippen LogP contribution in [0.1, 0.15) is 26.3 Å². The van der Waals surface area contributed by atoms with Crippen LogP contribution >= 0.6 is 0 Å². The first-order chi connectivity index (χ1) is 38.3. The Kier molecular flexibility index (Phi) is 10.2. The van der Waals surface area contributed by atoms with Crippen LogP contribution in [-0.2, 0) is 12.5 Å². The van der Waals surface area contributed by atoms with Gasteiger partial charge in [0, 0.05) is 62.8 Å². The first kappa shape index (κ1) is 45.4. The molecular formula is C71H52N6O. The van der Waals surface area contributed by atoms with Crippen LogP contribution in [-0.4, -0.2) is 23.3 Å². The standard InChI is InChI=1S/C71H52N6O/c1-71(2,3)48-40-41-72-63(42-48)77-62-44-52(38-39-57(62)65-64-55-30-14-16-34-58(55)73(4)68(64)66-56-31-15-17-35-59(56)76(70(66)69(65)77)49-26-12-7-13-27-49)78-51-29-20-28-50(43-51)74-45-75(61-37-19-18-36-60(61)74)67-53(46-22-8-5-9-23-46)32-21-33-54(67)47-24-10-6-11-25-47/h5-44H,1-4H3. The van der Waals surface area contributed by atoms with E-state index in [-0.39, 0.29) is 5.41 Å². The predicted molar refractivity (Wildman–Crippen MR) is 320 cm³/mol. The van der Waals surface area contributed by atoms with Crippen molar-refractivity contribution in [2.24, 2.45) is 7.05 Å². The molecule has 0 radical (unpaired) electrons. The third-order valence-corrected chi connectivity index (χ3v) is 15.8. The molecule has 0 N–H and O–H groups in total. The summed E-state index contributed by atoms with van der Waals surface area (Å²) in [5.74, 6) is 2.27. The molecular weight excluding hydrogens is 953 g/mol. The number of aromatic nitrogens is 6. The zero-order valence-corrected chi connectivity index (χ0v) is 43.7. The monoisotopic (exact) mass is 1000 g/mol. The fraction of sp³-hybridized carbons (Fsp3) is 0.0704. The quantitative estimate of drug-likeness (QED) is 0.112. The largest absolute Gasteiger partial charge is 0.458 e. The number of para-hydroxylation sites is 6. The Morgan fingerprint density at radius 1 is 0.462 bits per heavy atom. The molecule has 372 valence electrons. The SMILES string of the molecule is Cn1c2ccccc2c2c3c4ccc(Oc5cccc(-[n+]6[c-]n(-c7c(-c8ccccc8)cccc7-c7ccccc7)c7ccccc76)c5)cc4n(-c4cc(C(C)(C)C)ccn4)c3c3c(c4ccccc4n3-c3ccccc3)c21. The summed E-state index contributed by atoms with van der Waals surface area (Å²) in [7, 11) is 2.22. The first-order valence-electron chi connectivity index (χ1n) is 26.7. The number of pyridine rings is 1. The first-order valence-corrected chi connectivity index (χ1v) is 26.7. The highest BCUT2D eigenvalue weighted by molar-refractivity contribution is 6.40. The molecule has 5 heterocycles. The highest BCUT2D eigenvalue weighted by Crippen LogP contribution is 2.50. The summed E-state index contributed by atoms with van der Waals surface area (Å²) in [5, 5.41) is 7.12. The molecule has 0 fully saturated rings. The van der Waals surface area contributed by atoms with Gasteiger partial charge in [-0.25, -0.2) is 4.98 Å². The number of imidazole rings is 1. The molecule has 0 spiro atoms. The van der Waals surface area contributed by atoms with E-state index in [1.807, 2.05) is 12.3 Å². The van der Waals surface area contributed by atoms with Gasteiger partial charge in [0.1, 0.15) is 17.3 Å². The van der Waals surface area contributed by atoms with Crippen molar-refractivity contribution in [3.05, 3.63) is 255 Å². The Morgan fingerprint density at radius 3 is 1.76 bits per heavy atom. The maximum Gasteiger partial charge on any atom is 0.269 e. The lowest BCUT2D eigenvalue weighted by Gasteiger charge is -2.20. The highest BCUT2D eigenvalue weighted by Gasteiger charge is 2.29. The molecule has 0 aliphatic rings. The van der Waals surface area contributed by atoms with Crippen LogP contribution in [0, 0.1) is 6.33 Å². The normalized spacial score (nSPS) is 12.1. The van der Waals surface area contributed by atoms with Crippen molar-refractivity contribution in [3.63, 3.8) is 0 Å². The van der Waals surface area contributed by atoms with E-state index in [4.69, 9.17) is 9.72 Å². The van der Waals surface area contributed by atoms with Crippen molar-refractivity contribution < 1.29 is 9.30 Å². The van der Waals surface area contributed by atoms with Crippen LogP contribution in [0.3, 0.4) is 0 Å². The molecule has 15 aromatic rings. The summed E-state index contributed by atoms with van der Waals surface area (Å²) < 4.78 is 18.7. The molecule has 0 aliphatic carbocycles. The Labute approximate surface area is 451 Å². The topological polar surface area (TPSA) is 45.7 Å². The van der Waals surface area contributed by atoms with Gasteiger partial charge in [-0.2, -0.15) is 0 Å². The van der Waals surface area contributed by atoms with Gasteiger partial charge in [0.25, 0.3) is 6.33 Å². The molecule has 10 aromatic carbocycles. The van der Waals surface area contributed by atoms with E-state index in [9.17, 15) is 0 Å². The summed E-state index contributed by atoms with van der Waals surface area (Å²) in [6, 6.07) is 84.2. The fourth-order valence-electron chi connectivity index (χ4n) is 12.3. The van der Waals surface area contributed by atoms with Gasteiger partial charge in [-0.15, -0.1) is 0 Å². The van der Waals surface area contributed by atoms with Crippen molar-refractivity contribution >= 4 is 76.5 Å². The van der Waals surface area contributed by atoms with E-state index >= 15 is 0 Å². The third-order valence-electron chi connectivity index (χ3n) is 15.8. The summed E-state index contributed by atoms with van der Waals surface area (Å²) in [4.78, 5) is 5.26. The van der Waals surface area contributed by atoms with Gasteiger partial charge in [-0.3, -0.25) is 13.7 Å². The molecule has 0 unspecified atom stereocenters. The van der Waals surface area contributed by atoms with Crippen LogP contribution in [0.4, 0.5) is 0 Å². The van der Waals surface area contributed by atoms with Gasteiger partial charge in [0.05, 0.1) is 50.0 Å².